The van der Waals surface area contributed by atoms with Crippen LogP contribution in [0.5, 0.6) is 0 Å². The molecule has 0 aliphatic heterocycles. The van der Waals surface area contributed by atoms with Crippen molar-refractivity contribution < 1.29 is 12.8 Å². The number of sulfonamides is 1. The number of aryl methyl sites for hydroxylation is 1. The highest BCUT2D eigenvalue weighted by atomic mass is 32.2. The fourth-order valence-corrected chi connectivity index (χ4v) is 2.43. The summed E-state index contributed by atoms with van der Waals surface area (Å²) in [4.78, 5) is 6.37. The molecular formula is C10H11FN4O2S. The number of aromatic nitrogens is 2. The van der Waals surface area contributed by atoms with Gasteiger partial charge in [-0.2, -0.15) is 8.42 Å². The minimum atomic E-state index is -3.82. The van der Waals surface area contributed by atoms with Gasteiger partial charge in [-0.15, -0.1) is 0 Å². The van der Waals surface area contributed by atoms with Crippen LogP contribution < -0.4 is 10.5 Å². The predicted molar refractivity (Wildman–Crippen MR) is 64.9 cm³/mol. The number of benzene rings is 1. The minimum absolute atomic E-state index is 0.0553. The van der Waals surface area contributed by atoms with Crippen LogP contribution in [0.1, 0.15) is 5.82 Å². The van der Waals surface area contributed by atoms with Crippen LogP contribution in [-0.4, -0.2) is 18.4 Å². The third-order valence-electron chi connectivity index (χ3n) is 2.14. The molecule has 6 nitrogen and oxygen atoms in total. The lowest BCUT2D eigenvalue weighted by molar-refractivity contribution is 0.598. The molecule has 2 aromatic rings. The number of hydrogen-bond donors (Lipinski definition) is 3. The lowest BCUT2D eigenvalue weighted by atomic mass is 10.3. The fourth-order valence-electron chi connectivity index (χ4n) is 1.42. The summed E-state index contributed by atoms with van der Waals surface area (Å²) in [6, 6.07) is 3.46. The van der Waals surface area contributed by atoms with E-state index in [4.69, 9.17) is 5.73 Å². The number of imidazole rings is 1. The summed E-state index contributed by atoms with van der Waals surface area (Å²) in [5.74, 6) is -0.150. The van der Waals surface area contributed by atoms with Crippen LogP contribution in [0.3, 0.4) is 0 Å². The van der Waals surface area contributed by atoms with Crippen molar-refractivity contribution in [3.63, 3.8) is 0 Å². The van der Waals surface area contributed by atoms with E-state index in [1.54, 1.807) is 6.92 Å². The molecule has 0 spiro atoms. The van der Waals surface area contributed by atoms with E-state index in [9.17, 15) is 12.8 Å². The van der Waals surface area contributed by atoms with Crippen molar-refractivity contribution in [3.8, 4) is 0 Å². The largest absolute Gasteiger partial charge is 0.399 e. The first-order chi connectivity index (χ1) is 8.37. The van der Waals surface area contributed by atoms with Crippen LogP contribution in [0.15, 0.2) is 29.4 Å². The lowest BCUT2D eigenvalue weighted by Crippen LogP contribution is -2.13. The molecule has 2 rings (SSSR count). The summed E-state index contributed by atoms with van der Waals surface area (Å²) in [7, 11) is -3.82. The molecule has 1 heterocycles. The van der Waals surface area contributed by atoms with E-state index in [0.29, 0.717) is 5.82 Å². The van der Waals surface area contributed by atoms with Gasteiger partial charge in [0.05, 0.1) is 11.9 Å². The van der Waals surface area contributed by atoms with Crippen LogP contribution in [0, 0.1) is 12.7 Å². The zero-order valence-corrected chi connectivity index (χ0v) is 10.3. The topological polar surface area (TPSA) is 101 Å². The Morgan fingerprint density at radius 1 is 1.39 bits per heavy atom. The van der Waals surface area contributed by atoms with Crippen LogP contribution in [0.25, 0.3) is 0 Å². The van der Waals surface area contributed by atoms with E-state index in [2.05, 4.69) is 14.7 Å². The summed E-state index contributed by atoms with van der Waals surface area (Å²) in [6.45, 7) is 1.62. The highest BCUT2D eigenvalue weighted by molar-refractivity contribution is 7.92. The minimum Gasteiger partial charge on any atom is -0.399 e. The standard InChI is InChI=1S/C10H11FN4O2S/c1-6-13-5-10(14-6)18(16,17)15-9-3-7(11)2-8(12)4-9/h2-5,15H,12H2,1H3,(H,13,14). The first kappa shape index (κ1) is 12.4. The normalized spacial score (nSPS) is 11.4. The summed E-state index contributed by atoms with van der Waals surface area (Å²) in [6.07, 6.45) is 1.18. The number of H-pyrrole nitrogens is 1. The van der Waals surface area contributed by atoms with E-state index < -0.39 is 15.8 Å². The van der Waals surface area contributed by atoms with Gasteiger partial charge >= 0.3 is 0 Å². The molecule has 0 aliphatic carbocycles. The molecule has 0 atom stereocenters. The Morgan fingerprint density at radius 2 is 2.11 bits per heavy atom. The maximum Gasteiger partial charge on any atom is 0.278 e. The SMILES string of the molecule is Cc1ncc(S(=O)(=O)Nc2cc(N)cc(F)c2)[nH]1. The zero-order valence-electron chi connectivity index (χ0n) is 9.44. The van der Waals surface area contributed by atoms with Gasteiger partial charge in [0.1, 0.15) is 11.6 Å². The van der Waals surface area contributed by atoms with Gasteiger partial charge in [-0.3, -0.25) is 4.72 Å². The molecule has 0 amide bonds. The van der Waals surface area contributed by atoms with Crippen LogP contribution in [0.2, 0.25) is 0 Å². The molecule has 1 aromatic heterocycles. The second-order valence-corrected chi connectivity index (χ2v) is 5.36. The number of nitrogens with two attached hydrogens (primary N) is 1. The average Bonchev–Trinajstić information content (AvgIpc) is 2.62. The number of rotatable bonds is 3. The van der Waals surface area contributed by atoms with Crippen molar-refractivity contribution in [3.05, 3.63) is 36.0 Å². The van der Waals surface area contributed by atoms with E-state index in [1.165, 1.54) is 12.3 Å². The molecular weight excluding hydrogens is 259 g/mol. The van der Waals surface area contributed by atoms with Gasteiger partial charge in [0.25, 0.3) is 10.0 Å². The van der Waals surface area contributed by atoms with Gasteiger partial charge in [0, 0.05) is 5.69 Å². The third-order valence-corrected chi connectivity index (χ3v) is 3.43. The van der Waals surface area contributed by atoms with Crippen molar-refractivity contribution in [1.29, 1.82) is 0 Å². The van der Waals surface area contributed by atoms with Crippen molar-refractivity contribution in [2.75, 3.05) is 10.5 Å². The zero-order chi connectivity index (χ0) is 13.3. The quantitative estimate of drug-likeness (QED) is 0.730. The molecule has 0 unspecified atom stereocenters. The van der Waals surface area contributed by atoms with Crippen molar-refractivity contribution >= 4 is 21.4 Å². The molecule has 0 bridgehead atoms. The maximum absolute atomic E-state index is 13.1. The number of nitrogens with zero attached hydrogens (tertiary/aromatic N) is 1. The smallest absolute Gasteiger partial charge is 0.278 e. The molecule has 0 fully saturated rings. The molecule has 0 aliphatic rings. The number of anilines is 2. The van der Waals surface area contributed by atoms with Gasteiger partial charge in [0.2, 0.25) is 0 Å². The van der Waals surface area contributed by atoms with Crippen LogP contribution >= 0.6 is 0 Å². The highest BCUT2D eigenvalue weighted by Crippen LogP contribution is 2.19. The lowest BCUT2D eigenvalue weighted by Gasteiger charge is -2.07. The Hall–Kier alpha value is -2.09. The second kappa shape index (κ2) is 4.30. The van der Waals surface area contributed by atoms with E-state index in [-0.39, 0.29) is 16.4 Å². The molecule has 18 heavy (non-hydrogen) atoms. The van der Waals surface area contributed by atoms with Crippen molar-refractivity contribution in [2.24, 2.45) is 0 Å². The first-order valence-corrected chi connectivity index (χ1v) is 6.45. The number of halogens is 1. The van der Waals surface area contributed by atoms with E-state index in [0.717, 1.165) is 12.1 Å². The van der Waals surface area contributed by atoms with Gasteiger partial charge in [-0.1, -0.05) is 0 Å². The maximum atomic E-state index is 13.1. The molecule has 0 radical (unpaired) electrons. The number of nitrogens with one attached hydrogen (secondary N) is 2. The summed E-state index contributed by atoms with van der Waals surface area (Å²) < 4.78 is 39.1. The molecule has 0 saturated carbocycles. The Kier molecular flexibility index (Phi) is 2.95. The molecule has 96 valence electrons. The van der Waals surface area contributed by atoms with Crippen LogP contribution in [0.4, 0.5) is 15.8 Å². The van der Waals surface area contributed by atoms with Crippen LogP contribution in [-0.2, 0) is 10.0 Å². The Bertz CT molecular complexity index is 661. The molecule has 4 N–H and O–H groups in total. The molecule has 8 heteroatoms. The predicted octanol–water partition coefficient (Wildman–Crippen LogP) is 1.24. The van der Waals surface area contributed by atoms with Gasteiger partial charge in [-0.25, -0.2) is 9.37 Å². The fraction of sp³-hybridized carbons (Fsp3) is 0.100. The number of nitrogen functional groups attached to an aromatic ring is 1. The van der Waals surface area contributed by atoms with Crippen molar-refractivity contribution in [2.45, 2.75) is 11.9 Å². The summed E-state index contributed by atoms with van der Waals surface area (Å²) in [5.41, 5.74) is 5.61. The Morgan fingerprint density at radius 3 is 2.67 bits per heavy atom. The van der Waals surface area contributed by atoms with Gasteiger partial charge < -0.3 is 10.7 Å². The Balaban J connectivity index is 2.33. The number of hydrogen-bond acceptors (Lipinski definition) is 4. The first-order valence-electron chi connectivity index (χ1n) is 4.97. The van der Waals surface area contributed by atoms with E-state index >= 15 is 0 Å². The third kappa shape index (κ3) is 2.59. The monoisotopic (exact) mass is 270 g/mol. The summed E-state index contributed by atoms with van der Waals surface area (Å²) in [5, 5.41) is -0.0946. The molecule has 0 saturated heterocycles. The average molecular weight is 270 g/mol. The summed E-state index contributed by atoms with van der Waals surface area (Å²) >= 11 is 0. The van der Waals surface area contributed by atoms with Crippen molar-refractivity contribution in [1.82, 2.24) is 9.97 Å². The Labute approximate surface area is 103 Å². The van der Waals surface area contributed by atoms with Gasteiger partial charge in [0.15, 0.2) is 5.03 Å². The highest BCUT2D eigenvalue weighted by Gasteiger charge is 2.17. The molecule has 1 aromatic carbocycles. The van der Waals surface area contributed by atoms with E-state index in [1.807, 2.05) is 0 Å². The van der Waals surface area contributed by atoms with Gasteiger partial charge in [-0.05, 0) is 25.1 Å². The number of aromatic amines is 1. The second-order valence-electron chi connectivity index (χ2n) is 3.71.